The van der Waals surface area contributed by atoms with Crippen LogP contribution in [-0.2, 0) is 60.0 Å². The molecule has 1 radical (unpaired) electrons. The van der Waals surface area contributed by atoms with Gasteiger partial charge in [0.2, 0.25) is 0 Å². The second-order valence-electron chi connectivity index (χ2n) is 0. The number of hydrogen-bond acceptors (Lipinski definition) is 0. The van der Waals surface area contributed by atoms with E-state index in [0.29, 0.717) is 0 Å². The van der Waals surface area contributed by atoms with Crippen molar-refractivity contribution in [3.8, 4) is 0 Å². The molecule has 0 aromatic carbocycles. The summed E-state index contributed by atoms with van der Waals surface area (Å²) >= 11 is 0. The smallest absolute Gasteiger partial charge is 2.00 e. The Morgan fingerprint density at radius 2 is 0.571 bits per heavy atom. The van der Waals surface area contributed by atoms with Gasteiger partial charge in [-0.15, -0.1) is 0 Å². The summed E-state index contributed by atoms with van der Waals surface area (Å²) in [6, 6.07) is 0. The van der Waals surface area contributed by atoms with E-state index >= 15 is 0 Å². The van der Waals surface area contributed by atoms with Crippen molar-refractivity contribution in [1.82, 2.24) is 0 Å². The summed E-state index contributed by atoms with van der Waals surface area (Å²) in [7, 11) is 0. The second kappa shape index (κ2) is 83.3. The van der Waals surface area contributed by atoms with Gasteiger partial charge in [-0.1, -0.05) is 0 Å². The molecule has 0 spiro atoms. The standard InChI is InChI=1S/Ca.Mn.4O.W/q2*+2;4*-2;. The van der Waals surface area contributed by atoms with Gasteiger partial charge >= 0.3 is 54.8 Å². The fraction of sp³-hybridized carbons (Fsp3) is 0. The van der Waals surface area contributed by atoms with E-state index in [1.54, 1.807) is 0 Å². The van der Waals surface area contributed by atoms with E-state index in [4.69, 9.17) is 0 Å². The van der Waals surface area contributed by atoms with Crippen LogP contribution in [0.15, 0.2) is 0 Å². The fourth-order valence-corrected chi connectivity index (χ4v) is 0. The van der Waals surface area contributed by atoms with Gasteiger partial charge < -0.3 is 21.9 Å². The number of rotatable bonds is 0. The van der Waals surface area contributed by atoms with Crippen LogP contribution in [0.1, 0.15) is 0 Å². The van der Waals surface area contributed by atoms with E-state index in [9.17, 15) is 0 Å². The third kappa shape index (κ3) is 62.1. The molecule has 0 heterocycles. The summed E-state index contributed by atoms with van der Waals surface area (Å²) in [5.74, 6) is 0. The first-order chi connectivity index (χ1) is 0. The van der Waals surface area contributed by atoms with Gasteiger partial charge in [-0.25, -0.2) is 0 Å². The predicted molar refractivity (Wildman–Crippen MR) is 8.50 cm³/mol. The average Bonchev–Trinajstić information content (AvgIpc) is 0. The summed E-state index contributed by atoms with van der Waals surface area (Å²) < 4.78 is 0. The SMILES string of the molecule is [Ca+2].[Mn+2].[O-2].[O-2].[O-2].[O-2].[W]. The minimum absolute atomic E-state index is 0. The van der Waals surface area contributed by atoms with Crippen LogP contribution in [0.4, 0.5) is 0 Å². The normalized spacial score (nSPS) is 0. The van der Waals surface area contributed by atoms with Gasteiger partial charge in [0.15, 0.2) is 0 Å². The zero-order valence-electron chi connectivity index (χ0n) is 3.13. The van der Waals surface area contributed by atoms with E-state index in [1.165, 1.54) is 0 Å². The molecule has 43 valence electrons. The van der Waals surface area contributed by atoms with E-state index in [1.807, 2.05) is 0 Å². The Morgan fingerprint density at radius 3 is 0.571 bits per heavy atom. The Labute approximate surface area is 96.4 Å². The molecule has 0 saturated carbocycles. The number of hydrogen-bond donors (Lipinski definition) is 0. The zero-order valence-corrected chi connectivity index (χ0v) is 9.45. The second-order valence-corrected chi connectivity index (χ2v) is 0. The van der Waals surface area contributed by atoms with Crippen molar-refractivity contribution in [2.45, 2.75) is 0 Å². The Morgan fingerprint density at radius 1 is 0.571 bits per heavy atom. The van der Waals surface area contributed by atoms with Crippen molar-refractivity contribution >= 4 is 37.7 Å². The van der Waals surface area contributed by atoms with E-state index in [2.05, 4.69) is 0 Å². The molecule has 0 aliphatic rings. The Hall–Kier alpha value is 2.31. The van der Waals surface area contributed by atoms with Gasteiger partial charge in [0.25, 0.3) is 0 Å². The molecular weight excluding hydrogens is 343 g/mol. The van der Waals surface area contributed by atoms with Crippen molar-refractivity contribution < 1.29 is 60.0 Å². The minimum Gasteiger partial charge on any atom is -2.00 e. The van der Waals surface area contributed by atoms with Gasteiger partial charge in [-0.05, 0) is 0 Å². The third-order valence-electron chi connectivity index (χ3n) is 0. The molecule has 0 aliphatic carbocycles. The van der Waals surface area contributed by atoms with Gasteiger partial charge in [-0.2, -0.15) is 0 Å². The molecule has 0 aliphatic heterocycles. The summed E-state index contributed by atoms with van der Waals surface area (Å²) in [5.41, 5.74) is 0. The molecule has 0 amide bonds. The van der Waals surface area contributed by atoms with Crippen LogP contribution >= 0.6 is 0 Å². The maximum absolute atomic E-state index is 0. The Balaban J connectivity index is 0. The van der Waals surface area contributed by atoms with Crippen LogP contribution in [0.2, 0.25) is 0 Å². The van der Waals surface area contributed by atoms with Crippen LogP contribution < -0.4 is 0 Å². The van der Waals surface area contributed by atoms with Gasteiger partial charge in [-0.3, -0.25) is 0 Å². The Bertz CT molecular complexity index is 11.7. The maximum Gasteiger partial charge on any atom is 2.00 e. The summed E-state index contributed by atoms with van der Waals surface area (Å²) in [6.07, 6.45) is 0. The van der Waals surface area contributed by atoms with Crippen LogP contribution in [-0.4, -0.2) is 37.7 Å². The topological polar surface area (TPSA) is 114 Å². The maximum atomic E-state index is 0. The van der Waals surface area contributed by atoms with Crippen LogP contribution in [0.3, 0.4) is 0 Å². The minimum atomic E-state index is 0. The molecule has 0 aromatic heterocycles. The van der Waals surface area contributed by atoms with E-state index in [-0.39, 0.29) is 97.8 Å². The average molecular weight is 343 g/mol. The third-order valence-corrected chi connectivity index (χ3v) is 0. The molecule has 0 N–H and O–H groups in total. The van der Waals surface area contributed by atoms with Crippen LogP contribution in [0.5, 0.6) is 0 Å². The van der Waals surface area contributed by atoms with E-state index < -0.39 is 0 Å². The van der Waals surface area contributed by atoms with Gasteiger partial charge in [0, 0.05) is 21.1 Å². The zero-order chi connectivity index (χ0) is 0. The molecule has 0 aromatic rings. The predicted octanol–water partition coefficient (Wildman–Crippen LogP) is -0.861. The first kappa shape index (κ1) is 121. The van der Waals surface area contributed by atoms with Crippen LogP contribution in [0, 0.1) is 0 Å². The van der Waals surface area contributed by atoms with Crippen molar-refractivity contribution in [3.05, 3.63) is 0 Å². The monoisotopic (exact) mass is 343 g/mol. The summed E-state index contributed by atoms with van der Waals surface area (Å²) in [4.78, 5) is 0. The Kier molecular flexibility index (Phi) is 1440. The first-order valence-corrected chi connectivity index (χ1v) is 0. The van der Waals surface area contributed by atoms with Crippen molar-refractivity contribution in [1.29, 1.82) is 0 Å². The van der Waals surface area contributed by atoms with Crippen molar-refractivity contribution in [3.63, 3.8) is 0 Å². The van der Waals surface area contributed by atoms with Crippen molar-refractivity contribution in [2.24, 2.45) is 0 Å². The van der Waals surface area contributed by atoms with Gasteiger partial charge in [0.05, 0.1) is 0 Å². The molecule has 0 fully saturated rings. The summed E-state index contributed by atoms with van der Waals surface area (Å²) in [5, 5.41) is 0. The molecule has 0 saturated heterocycles. The largest absolute Gasteiger partial charge is 2.00 e. The molecule has 0 bridgehead atoms. The van der Waals surface area contributed by atoms with Crippen molar-refractivity contribution in [2.75, 3.05) is 0 Å². The van der Waals surface area contributed by atoms with Crippen LogP contribution in [0.25, 0.3) is 0 Å². The van der Waals surface area contributed by atoms with Gasteiger partial charge in [0.1, 0.15) is 0 Å². The molecule has 0 unspecified atom stereocenters. The molecule has 7 heteroatoms. The van der Waals surface area contributed by atoms with E-state index in [0.717, 1.165) is 0 Å². The summed E-state index contributed by atoms with van der Waals surface area (Å²) in [6.45, 7) is 0. The molecule has 0 rings (SSSR count). The molecular formula is CaMnO4W-4. The quantitative estimate of drug-likeness (QED) is 0.510. The molecule has 0 atom stereocenters. The molecule has 4 nitrogen and oxygen atoms in total. The first-order valence-electron chi connectivity index (χ1n) is 0. The fourth-order valence-electron chi connectivity index (χ4n) is 0. The molecule has 7 heavy (non-hydrogen) atoms.